The molecule has 1 aliphatic rings. The fraction of sp³-hybridized carbons (Fsp3) is 0.391. The van der Waals surface area contributed by atoms with E-state index in [0.717, 1.165) is 28.0 Å². The number of carbonyl (C=O) groups excluding carboxylic acids is 1. The maximum atomic E-state index is 13.3. The van der Waals surface area contributed by atoms with Crippen LogP contribution in [0.5, 0.6) is 0 Å². The van der Waals surface area contributed by atoms with E-state index in [1.807, 2.05) is 10.6 Å². The average molecular weight is 524 g/mol. The molecule has 1 atom stereocenters. The molecule has 176 valence electrons. The van der Waals surface area contributed by atoms with Crippen LogP contribution in [0.1, 0.15) is 44.6 Å². The van der Waals surface area contributed by atoms with Gasteiger partial charge in [0.25, 0.3) is 15.9 Å². The summed E-state index contributed by atoms with van der Waals surface area (Å²) in [5.74, 6) is -0.0486. The maximum absolute atomic E-state index is 13.3. The van der Waals surface area contributed by atoms with E-state index in [-0.39, 0.29) is 4.21 Å². The van der Waals surface area contributed by atoms with Crippen LogP contribution in [-0.2, 0) is 21.4 Å². The van der Waals surface area contributed by atoms with Crippen molar-refractivity contribution in [2.45, 2.75) is 55.8 Å². The largest absolute Gasteiger partial charge is 0.313 e. The van der Waals surface area contributed by atoms with Crippen LogP contribution in [0.25, 0.3) is 10.2 Å². The molecule has 3 aromatic rings. The molecule has 33 heavy (non-hydrogen) atoms. The molecule has 0 saturated carbocycles. The van der Waals surface area contributed by atoms with Crippen LogP contribution in [0.3, 0.4) is 0 Å². The maximum Gasteiger partial charge on any atom is 0.266 e. The molecule has 1 aliphatic heterocycles. The fourth-order valence-corrected chi connectivity index (χ4v) is 8.36. The number of rotatable bonds is 6. The molecular formula is C23H26ClN3O3S3. The monoisotopic (exact) mass is 523 g/mol. The molecule has 0 bridgehead atoms. The highest BCUT2D eigenvalue weighted by atomic mass is 35.5. The number of thiophene rings is 1. The second-order valence-corrected chi connectivity index (χ2v) is 13.1. The first-order chi connectivity index (χ1) is 15.7. The van der Waals surface area contributed by atoms with Gasteiger partial charge in [0.1, 0.15) is 10.3 Å². The molecule has 6 nitrogen and oxygen atoms in total. The van der Waals surface area contributed by atoms with Gasteiger partial charge in [0.2, 0.25) is 0 Å². The zero-order valence-electron chi connectivity index (χ0n) is 18.5. The molecule has 4 rings (SSSR count). The SMILES string of the molecule is C=CCn1c(=NC(=O)C2CCCCN2S(=O)(=O)c2ccc(Cl)s2)sc2cc(C(C)C)ccc21. The average Bonchev–Trinajstić information content (AvgIpc) is 3.37. The van der Waals surface area contributed by atoms with Crippen molar-refractivity contribution >= 4 is 60.4 Å². The predicted molar refractivity (Wildman–Crippen MR) is 136 cm³/mol. The highest BCUT2D eigenvalue weighted by molar-refractivity contribution is 7.91. The van der Waals surface area contributed by atoms with Crippen LogP contribution in [-0.4, -0.2) is 35.8 Å². The topological polar surface area (TPSA) is 71.7 Å². The number of hydrogen-bond donors (Lipinski definition) is 0. The van der Waals surface area contributed by atoms with Crippen molar-refractivity contribution in [1.29, 1.82) is 0 Å². The second kappa shape index (κ2) is 9.84. The summed E-state index contributed by atoms with van der Waals surface area (Å²) in [5.41, 5.74) is 2.20. The van der Waals surface area contributed by atoms with E-state index in [1.165, 1.54) is 27.3 Å². The number of aromatic nitrogens is 1. The summed E-state index contributed by atoms with van der Waals surface area (Å²) in [5, 5.41) is 0. The van der Waals surface area contributed by atoms with Crippen molar-refractivity contribution in [1.82, 2.24) is 8.87 Å². The Bertz CT molecular complexity index is 1370. The number of carbonyl (C=O) groups is 1. The summed E-state index contributed by atoms with van der Waals surface area (Å²) >= 11 is 8.41. The number of benzene rings is 1. The third kappa shape index (κ3) is 4.88. The standard InChI is InChI=1S/C23H26ClN3O3S3/c1-4-12-26-17-9-8-16(15(2)3)14-19(17)31-23(26)25-22(28)18-7-5-6-13-27(18)33(29,30)21-11-10-20(24)32-21/h4,8-11,14-15,18H,1,5-7,12-13H2,2-3H3. The number of thiazole rings is 1. The second-order valence-electron chi connectivity index (χ2n) is 8.30. The summed E-state index contributed by atoms with van der Waals surface area (Å²) in [6, 6.07) is 8.50. The summed E-state index contributed by atoms with van der Waals surface area (Å²) < 4.78 is 31.3. The molecule has 0 spiro atoms. The molecule has 1 unspecified atom stereocenters. The Morgan fingerprint density at radius 3 is 2.73 bits per heavy atom. The first kappa shape index (κ1) is 24.3. The van der Waals surface area contributed by atoms with E-state index in [1.54, 1.807) is 12.1 Å². The van der Waals surface area contributed by atoms with Crippen LogP contribution in [0.2, 0.25) is 4.34 Å². The van der Waals surface area contributed by atoms with Crippen molar-refractivity contribution in [2.24, 2.45) is 4.99 Å². The molecule has 10 heteroatoms. The smallest absolute Gasteiger partial charge is 0.266 e. The number of hydrogen-bond acceptors (Lipinski definition) is 5. The minimum Gasteiger partial charge on any atom is -0.313 e. The van der Waals surface area contributed by atoms with Crippen molar-refractivity contribution in [3.63, 3.8) is 0 Å². The predicted octanol–water partition coefficient (Wildman–Crippen LogP) is 5.40. The van der Waals surface area contributed by atoms with Gasteiger partial charge in [0, 0.05) is 13.1 Å². The summed E-state index contributed by atoms with van der Waals surface area (Å²) in [4.78, 5) is 18.3. The minimum atomic E-state index is -3.82. The quantitative estimate of drug-likeness (QED) is 0.406. The summed E-state index contributed by atoms with van der Waals surface area (Å²) in [6.45, 7) is 8.92. The molecular weight excluding hydrogens is 498 g/mol. The Labute approximate surface area is 206 Å². The molecule has 2 aromatic heterocycles. The molecule has 1 aromatic carbocycles. The Balaban J connectivity index is 1.75. The van der Waals surface area contributed by atoms with Crippen LogP contribution >= 0.6 is 34.3 Å². The van der Waals surface area contributed by atoms with E-state index < -0.39 is 22.0 Å². The summed E-state index contributed by atoms with van der Waals surface area (Å²) in [7, 11) is -3.82. The zero-order valence-corrected chi connectivity index (χ0v) is 21.7. The Hall–Kier alpha value is -1.78. The number of amides is 1. The lowest BCUT2D eigenvalue weighted by Gasteiger charge is -2.31. The number of sulfonamides is 1. The third-order valence-electron chi connectivity index (χ3n) is 5.74. The van der Waals surface area contributed by atoms with Gasteiger partial charge in [-0.25, -0.2) is 8.42 Å². The first-order valence-electron chi connectivity index (χ1n) is 10.8. The Kier molecular flexibility index (Phi) is 7.26. The van der Waals surface area contributed by atoms with Gasteiger partial charge >= 0.3 is 0 Å². The fourth-order valence-electron chi connectivity index (χ4n) is 4.00. The number of halogens is 1. The van der Waals surface area contributed by atoms with Gasteiger partial charge in [-0.15, -0.1) is 17.9 Å². The molecule has 0 N–H and O–H groups in total. The van der Waals surface area contributed by atoms with E-state index in [9.17, 15) is 13.2 Å². The van der Waals surface area contributed by atoms with Gasteiger partial charge < -0.3 is 4.57 Å². The van der Waals surface area contributed by atoms with Crippen LogP contribution in [0.15, 0.2) is 52.2 Å². The van der Waals surface area contributed by atoms with Crippen molar-refractivity contribution in [3.8, 4) is 0 Å². The van der Waals surface area contributed by atoms with Gasteiger partial charge in [0.15, 0.2) is 4.80 Å². The molecule has 0 aliphatic carbocycles. The molecule has 1 saturated heterocycles. The van der Waals surface area contributed by atoms with Crippen LogP contribution in [0, 0.1) is 0 Å². The first-order valence-corrected chi connectivity index (χ1v) is 14.3. The highest BCUT2D eigenvalue weighted by Gasteiger charge is 2.38. The van der Waals surface area contributed by atoms with Gasteiger partial charge in [-0.3, -0.25) is 4.79 Å². The van der Waals surface area contributed by atoms with Gasteiger partial charge in [-0.05, 0) is 48.6 Å². The Morgan fingerprint density at radius 1 is 1.27 bits per heavy atom. The lowest BCUT2D eigenvalue weighted by atomic mass is 10.0. The molecule has 0 radical (unpaired) electrons. The molecule has 1 fully saturated rings. The van der Waals surface area contributed by atoms with E-state index in [4.69, 9.17) is 11.6 Å². The number of allylic oxidation sites excluding steroid dienone is 1. The van der Waals surface area contributed by atoms with Crippen molar-refractivity contribution in [2.75, 3.05) is 6.54 Å². The zero-order chi connectivity index (χ0) is 23.8. The highest BCUT2D eigenvalue weighted by Crippen LogP contribution is 2.32. The van der Waals surface area contributed by atoms with E-state index in [2.05, 4.69) is 37.6 Å². The van der Waals surface area contributed by atoms with Gasteiger partial charge in [0.05, 0.1) is 14.6 Å². The third-order valence-corrected chi connectivity index (χ3v) is 10.4. The summed E-state index contributed by atoms with van der Waals surface area (Å²) in [6.07, 6.45) is 3.70. The van der Waals surface area contributed by atoms with E-state index in [0.29, 0.717) is 41.0 Å². The lowest BCUT2D eigenvalue weighted by Crippen LogP contribution is -2.47. The minimum absolute atomic E-state index is 0.150. The number of piperidine rings is 1. The normalized spacial score (nSPS) is 18.3. The van der Waals surface area contributed by atoms with Gasteiger partial charge in [-0.1, -0.05) is 55.3 Å². The molecule has 3 heterocycles. The Morgan fingerprint density at radius 2 is 2.06 bits per heavy atom. The number of fused-ring (bicyclic) bond motifs is 1. The van der Waals surface area contributed by atoms with Crippen LogP contribution < -0.4 is 4.80 Å². The van der Waals surface area contributed by atoms with Crippen molar-refractivity contribution < 1.29 is 13.2 Å². The number of nitrogens with zero attached hydrogens (tertiary/aromatic N) is 3. The van der Waals surface area contributed by atoms with Crippen molar-refractivity contribution in [3.05, 3.63) is 57.7 Å². The molecule has 1 amide bonds. The van der Waals surface area contributed by atoms with E-state index >= 15 is 0 Å². The van der Waals surface area contributed by atoms with Crippen LogP contribution in [0.4, 0.5) is 0 Å². The lowest BCUT2D eigenvalue weighted by molar-refractivity contribution is -0.122. The van der Waals surface area contributed by atoms with Gasteiger partial charge in [-0.2, -0.15) is 9.30 Å².